The van der Waals surface area contributed by atoms with E-state index in [1.807, 2.05) is 31.4 Å². The van der Waals surface area contributed by atoms with Crippen LogP contribution in [0.2, 0.25) is 0 Å². The molecule has 198 valence electrons. The zero-order chi connectivity index (χ0) is 26.8. The van der Waals surface area contributed by atoms with Crippen LogP contribution in [0.25, 0.3) is 4.85 Å². The third-order valence-corrected chi connectivity index (χ3v) is 5.98. The molecule has 8 heteroatoms. The van der Waals surface area contributed by atoms with Crippen LogP contribution in [0.5, 0.6) is 5.75 Å². The fourth-order valence-electron chi connectivity index (χ4n) is 3.20. The maximum absolute atomic E-state index is 12.9. The third kappa shape index (κ3) is 12.9. The fourth-order valence-corrected chi connectivity index (χ4v) is 3.87. The van der Waals surface area contributed by atoms with E-state index in [4.69, 9.17) is 11.3 Å². The minimum absolute atomic E-state index is 0.0592. The molecule has 0 atom stereocenters. The molecule has 0 bridgehead atoms. The first-order chi connectivity index (χ1) is 17.2. The minimum atomic E-state index is -4.44. The predicted molar refractivity (Wildman–Crippen MR) is 146 cm³/mol. The van der Waals surface area contributed by atoms with Crippen molar-refractivity contribution in [3.63, 3.8) is 0 Å². The fraction of sp³-hybridized carbons (Fsp3) is 0.536. The Morgan fingerprint density at radius 1 is 1.00 bits per heavy atom. The number of amidine groups is 1. The molecule has 4 nitrogen and oxygen atoms in total. The van der Waals surface area contributed by atoms with Gasteiger partial charge in [0.25, 0.3) is 5.84 Å². The highest BCUT2D eigenvalue weighted by Crippen LogP contribution is 2.24. The number of halogens is 3. The standard InChI is InChI=1S/C15H22N2S.C13H16F3NO/c1-3-4-5-6-7-8-9-12-17-15(16-2)14-11-10-13-18-14;1-9(2)8-17-12(13(14,15)16)10-4-6-11(18-3)7-5-10/h10-11,13H,3-9,12H2,1H3;4-7,9H,8H2,1-3H3. The number of alkyl halides is 3. The number of ether oxygens (including phenoxy) is 1. The van der Waals surface area contributed by atoms with Gasteiger partial charge in [0.15, 0.2) is 0 Å². The third-order valence-electron chi connectivity index (χ3n) is 5.12. The summed E-state index contributed by atoms with van der Waals surface area (Å²) in [6, 6.07) is 9.65. The highest BCUT2D eigenvalue weighted by molar-refractivity contribution is 7.12. The summed E-state index contributed by atoms with van der Waals surface area (Å²) in [5.41, 5.74) is -0.775. The molecule has 1 aromatic heterocycles. The first kappa shape index (κ1) is 31.4. The number of hydrogen-bond donors (Lipinski definition) is 0. The monoisotopic (exact) mass is 521 g/mol. The SMILES string of the molecule is COc1ccc(C(=NCC(C)C)C(F)(F)F)cc1.[C-]#[N+]C(=NCCCCCCCCC)c1cccs1. The Hall–Kier alpha value is -2.66. The van der Waals surface area contributed by atoms with Crippen LogP contribution in [0.4, 0.5) is 13.2 Å². The Morgan fingerprint density at radius 3 is 2.14 bits per heavy atom. The molecule has 0 radical (unpaired) electrons. The molecule has 0 aliphatic heterocycles. The zero-order valence-electron chi connectivity index (χ0n) is 21.8. The number of aliphatic imine (C=N–C) groups is 2. The van der Waals surface area contributed by atoms with E-state index in [0.717, 1.165) is 17.8 Å². The second-order valence-electron chi connectivity index (χ2n) is 8.73. The lowest BCUT2D eigenvalue weighted by atomic mass is 10.1. The van der Waals surface area contributed by atoms with Gasteiger partial charge in [-0.2, -0.15) is 29.5 Å². The Labute approximate surface area is 218 Å². The first-order valence-corrected chi connectivity index (χ1v) is 13.3. The number of rotatable bonds is 13. The molecule has 0 amide bonds. The molecule has 0 fully saturated rings. The van der Waals surface area contributed by atoms with E-state index in [2.05, 4.69) is 21.8 Å². The molecule has 0 unspecified atom stereocenters. The number of methoxy groups -OCH3 is 1. The van der Waals surface area contributed by atoms with Crippen molar-refractivity contribution in [3.05, 3.63) is 63.6 Å². The van der Waals surface area contributed by atoms with E-state index >= 15 is 0 Å². The van der Waals surface area contributed by atoms with Crippen molar-refractivity contribution in [1.29, 1.82) is 0 Å². The predicted octanol–water partition coefficient (Wildman–Crippen LogP) is 8.87. The largest absolute Gasteiger partial charge is 0.497 e. The van der Waals surface area contributed by atoms with Gasteiger partial charge in [0.1, 0.15) is 18.0 Å². The van der Waals surface area contributed by atoms with Crippen LogP contribution in [0.15, 0.2) is 51.8 Å². The normalized spacial score (nSPS) is 12.2. The van der Waals surface area contributed by atoms with E-state index in [-0.39, 0.29) is 18.0 Å². The van der Waals surface area contributed by atoms with E-state index < -0.39 is 11.9 Å². The van der Waals surface area contributed by atoms with Crippen molar-refractivity contribution in [2.75, 3.05) is 20.2 Å². The molecule has 0 saturated carbocycles. The van der Waals surface area contributed by atoms with Crippen LogP contribution < -0.4 is 4.74 Å². The molecule has 0 saturated heterocycles. The van der Waals surface area contributed by atoms with Gasteiger partial charge in [-0.3, -0.25) is 4.99 Å². The van der Waals surface area contributed by atoms with Crippen molar-refractivity contribution in [2.24, 2.45) is 15.9 Å². The zero-order valence-corrected chi connectivity index (χ0v) is 22.6. The summed E-state index contributed by atoms with van der Waals surface area (Å²) in [5, 5.41) is 1.99. The molecule has 1 heterocycles. The Morgan fingerprint density at radius 2 is 1.64 bits per heavy atom. The summed E-state index contributed by atoms with van der Waals surface area (Å²) in [6.07, 6.45) is 4.59. The van der Waals surface area contributed by atoms with Gasteiger partial charge in [0.05, 0.1) is 12.0 Å². The topological polar surface area (TPSA) is 38.3 Å². The average Bonchev–Trinajstić information content (AvgIpc) is 3.38. The average molecular weight is 522 g/mol. The van der Waals surface area contributed by atoms with Crippen LogP contribution in [-0.4, -0.2) is 37.9 Å². The highest BCUT2D eigenvalue weighted by Gasteiger charge is 2.36. The maximum atomic E-state index is 12.9. The van der Waals surface area contributed by atoms with Gasteiger partial charge in [0, 0.05) is 12.1 Å². The van der Waals surface area contributed by atoms with Gasteiger partial charge < -0.3 is 9.58 Å². The molecule has 36 heavy (non-hydrogen) atoms. The number of hydrogen-bond acceptors (Lipinski definition) is 4. The summed E-state index contributed by atoms with van der Waals surface area (Å²) in [4.78, 5) is 12.6. The molecule has 0 N–H and O–H groups in total. The Balaban J connectivity index is 0.000000360. The molecular weight excluding hydrogens is 483 g/mol. The van der Waals surface area contributed by atoms with Gasteiger partial charge in [0.2, 0.25) is 0 Å². The number of benzene rings is 1. The van der Waals surface area contributed by atoms with Crippen LogP contribution in [0.1, 0.15) is 76.2 Å². The van der Waals surface area contributed by atoms with Gasteiger partial charge in [-0.05, 0) is 48.4 Å². The van der Waals surface area contributed by atoms with E-state index in [9.17, 15) is 13.2 Å². The van der Waals surface area contributed by atoms with Crippen LogP contribution in [-0.2, 0) is 0 Å². The van der Waals surface area contributed by atoms with Crippen molar-refractivity contribution in [1.82, 2.24) is 0 Å². The lowest BCUT2D eigenvalue weighted by Crippen LogP contribution is -2.25. The minimum Gasteiger partial charge on any atom is -0.497 e. The molecule has 2 rings (SSSR count). The van der Waals surface area contributed by atoms with Crippen molar-refractivity contribution < 1.29 is 17.9 Å². The van der Waals surface area contributed by atoms with Crippen LogP contribution >= 0.6 is 11.3 Å². The second kappa shape index (κ2) is 17.7. The quantitative estimate of drug-likeness (QED) is 0.112. The molecule has 0 aliphatic rings. The highest BCUT2D eigenvalue weighted by atomic mass is 32.1. The van der Waals surface area contributed by atoms with Crippen LogP contribution in [0, 0.1) is 12.5 Å². The summed E-state index contributed by atoms with van der Waals surface area (Å²) in [7, 11) is 1.46. The van der Waals surface area contributed by atoms with Crippen LogP contribution in [0.3, 0.4) is 0 Å². The number of nitrogens with zero attached hydrogens (tertiary/aromatic N) is 3. The van der Waals surface area contributed by atoms with Crippen molar-refractivity contribution in [2.45, 2.75) is 71.9 Å². The maximum Gasteiger partial charge on any atom is 0.433 e. The lowest BCUT2D eigenvalue weighted by Gasteiger charge is -2.12. The van der Waals surface area contributed by atoms with E-state index in [1.54, 1.807) is 11.3 Å². The van der Waals surface area contributed by atoms with Crippen molar-refractivity contribution in [3.8, 4) is 5.75 Å². The Bertz CT molecular complexity index is 944. The molecule has 1 aromatic carbocycles. The number of unbranched alkanes of at least 4 members (excludes halogenated alkanes) is 6. The van der Waals surface area contributed by atoms with Gasteiger partial charge >= 0.3 is 6.18 Å². The second-order valence-corrected chi connectivity index (χ2v) is 9.67. The smallest absolute Gasteiger partial charge is 0.433 e. The van der Waals surface area contributed by atoms with E-state index in [1.165, 1.54) is 69.9 Å². The number of thiophene rings is 1. The molecule has 0 aliphatic carbocycles. The van der Waals surface area contributed by atoms with Gasteiger partial charge in [-0.25, -0.2) is 0 Å². The van der Waals surface area contributed by atoms with Crippen molar-refractivity contribution >= 4 is 22.9 Å². The summed E-state index contributed by atoms with van der Waals surface area (Å²) in [6.45, 7) is 14.0. The first-order valence-electron chi connectivity index (χ1n) is 12.4. The summed E-state index contributed by atoms with van der Waals surface area (Å²) >= 11 is 1.59. The molecular formula is C28H38F3N3OS. The van der Waals surface area contributed by atoms with E-state index in [0.29, 0.717) is 11.6 Å². The molecule has 2 aromatic rings. The van der Waals surface area contributed by atoms with Gasteiger partial charge in [-0.1, -0.05) is 71.6 Å². The Kier molecular flexibility index (Phi) is 15.4. The van der Waals surface area contributed by atoms with Gasteiger partial charge in [-0.15, -0.1) is 0 Å². The summed E-state index contributed by atoms with van der Waals surface area (Å²) in [5.74, 6) is 1.18. The molecule has 0 spiro atoms. The lowest BCUT2D eigenvalue weighted by molar-refractivity contribution is -0.0582. The summed E-state index contributed by atoms with van der Waals surface area (Å²) < 4.78 is 43.5.